The van der Waals surface area contributed by atoms with Gasteiger partial charge in [0.2, 0.25) is 0 Å². The van der Waals surface area contributed by atoms with Crippen LogP contribution in [-0.4, -0.2) is 72.4 Å². The predicted molar refractivity (Wildman–Crippen MR) is 73.2 cm³/mol. The lowest BCUT2D eigenvalue weighted by molar-refractivity contribution is -0.143. The van der Waals surface area contributed by atoms with Crippen molar-refractivity contribution in [3.05, 3.63) is 0 Å². The van der Waals surface area contributed by atoms with E-state index in [2.05, 4.69) is 23.6 Å². The number of carboxylic acids is 1. The first-order valence-electron chi connectivity index (χ1n) is 7.36. The van der Waals surface area contributed by atoms with Crippen molar-refractivity contribution in [1.82, 2.24) is 9.80 Å². The monoisotopic (exact) mass is 270 g/mol. The minimum atomic E-state index is -0.670. The van der Waals surface area contributed by atoms with Crippen molar-refractivity contribution in [2.45, 2.75) is 38.8 Å². The van der Waals surface area contributed by atoms with Crippen LogP contribution in [0.4, 0.5) is 0 Å². The molecule has 0 aromatic carbocycles. The molecule has 2 saturated heterocycles. The van der Waals surface area contributed by atoms with E-state index in [0.717, 1.165) is 52.2 Å². The minimum Gasteiger partial charge on any atom is -0.480 e. The largest absolute Gasteiger partial charge is 0.480 e. The number of morpholine rings is 1. The van der Waals surface area contributed by atoms with Crippen molar-refractivity contribution < 1.29 is 14.6 Å². The van der Waals surface area contributed by atoms with Gasteiger partial charge in [0.05, 0.1) is 13.2 Å². The fourth-order valence-electron chi connectivity index (χ4n) is 3.14. The summed E-state index contributed by atoms with van der Waals surface area (Å²) in [6.45, 7) is 9.57. The average molecular weight is 270 g/mol. The van der Waals surface area contributed by atoms with Crippen LogP contribution in [0.1, 0.15) is 26.7 Å². The smallest absolute Gasteiger partial charge is 0.320 e. The Bertz CT molecular complexity index is 303. The Balaban J connectivity index is 1.89. The van der Waals surface area contributed by atoms with Gasteiger partial charge in [0.1, 0.15) is 6.04 Å². The molecule has 0 spiro atoms. The van der Waals surface area contributed by atoms with E-state index in [1.54, 1.807) is 0 Å². The molecule has 5 heteroatoms. The molecule has 0 bridgehead atoms. The van der Waals surface area contributed by atoms with Crippen LogP contribution in [0.25, 0.3) is 0 Å². The summed E-state index contributed by atoms with van der Waals surface area (Å²) in [6, 6.07) is 0.198. The molecule has 2 unspecified atom stereocenters. The molecule has 0 aliphatic carbocycles. The first-order chi connectivity index (χ1) is 9.08. The number of nitrogens with zero attached hydrogens (tertiary/aromatic N) is 2. The zero-order valence-corrected chi connectivity index (χ0v) is 12.0. The lowest BCUT2D eigenvalue weighted by Gasteiger charge is -2.33. The molecule has 110 valence electrons. The summed E-state index contributed by atoms with van der Waals surface area (Å²) in [5, 5.41) is 9.40. The van der Waals surface area contributed by atoms with Crippen LogP contribution in [-0.2, 0) is 9.53 Å². The third kappa shape index (κ3) is 3.91. The number of carboxylic acid groups (broad SMARTS) is 1. The second-order valence-electron chi connectivity index (χ2n) is 6.07. The van der Waals surface area contributed by atoms with Crippen LogP contribution in [0.15, 0.2) is 0 Å². The molecule has 2 fully saturated rings. The molecule has 2 aliphatic rings. The van der Waals surface area contributed by atoms with E-state index in [1.165, 1.54) is 0 Å². The van der Waals surface area contributed by atoms with E-state index < -0.39 is 5.97 Å². The van der Waals surface area contributed by atoms with E-state index in [4.69, 9.17) is 4.74 Å². The Morgan fingerprint density at radius 1 is 1.32 bits per heavy atom. The summed E-state index contributed by atoms with van der Waals surface area (Å²) >= 11 is 0. The molecule has 2 aliphatic heterocycles. The van der Waals surface area contributed by atoms with Gasteiger partial charge in [0.15, 0.2) is 0 Å². The number of likely N-dealkylation sites (tertiary alicyclic amines) is 1. The number of hydrogen-bond acceptors (Lipinski definition) is 4. The van der Waals surface area contributed by atoms with Gasteiger partial charge in [0, 0.05) is 32.2 Å². The minimum absolute atomic E-state index is 0.314. The highest BCUT2D eigenvalue weighted by Gasteiger charge is 2.35. The Morgan fingerprint density at radius 3 is 2.58 bits per heavy atom. The molecule has 0 aromatic heterocycles. The zero-order chi connectivity index (χ0) is 13.8. The predicted octanol–water partition coefficient (Wildman–Crippen LogP) is 0.892. The molecule has 2 atom stereocenters. The molecule has 0 amide bonds. The van der Waals surface area contributed by atoms with Crippen molar-refractivity contribution >= 4 is 5.97 Å². The average Bonchev–Trinajstić information content (AvgIpc) is 2.86. The quantitative estimate of drug-likeness (QED) is 0.804. The number of rotatable bonds is 5. The molecule has 19 heavy (non-hydrogen) atoms. The molecule has 1 N–H and O–H groups in total. The van der Waals surface area contributed by atoms with Crippen molar-refractivity contribution in [1.29, 1.82) is 0 Å². The fraction of sp³-hybridized carbons (Fsp3) is 0.929. The van der Waals surface area contributed by atoms with E-state index in [1.807, 2.05) is 0 Å². The van der Waals surface area contributed by atoms with Gasteiger partial charge >= 0.3 is 5.97 Å². The van der Waals surface area contributed by atoms with Crippen LogP contribution >= 0.6 is 0 Å². The second-order valence-corrected chi connectivity index (χ2v) is 6.07. The first-order valence-corrected chi connectivity index (χ1v) is 7.36. The lowest BCUT2D eigenvalue weighted by atomic mass is 10.0. The van der Waals surface area contributed by atoms with Crippen molar-refractivity contribution in [3.63, 3.8) is 0 Å². The third-order valence-corrected chi connectivity index (χ3v) is 4.18. The molecule has 0 aromatic rings. The summed E-state index contributed by atoms with van der Waals surface area (Å²) in [6.07, 6.45) is 1.83. The van der Waals surface area contributed by atoms with Gasteiger partial charge in [-0.25, -0.2) is 0 Å². The third-order valence-electron chi connectivity index (χ3n) is 4.18. The summed E-state index contributed by atoms with van der Waals surface area (Å²) in [5.41, 5.74) is 0. The maximum absolute atomic E-state index is 11.4. The fourth-order valence-corrected chi connectivity index (χ4v) is 3.14. The van der Waals surface area contributed by atoms with Crippen molar-refractivity contribution in [2.24, 2.45) is 5.92 Å². The molecule has 5 nitrogen and oxygen atoms in total. The molecular formula is C14H26N2O3. The van der Waals surface area contributed by atoms with E-state index in [9.17, 15) is 9.90 Å². The van der Waals surface area contributed by atoms with E-state index in [0.29, 0.717) is 12.0 Å². The van der Waals surface area contributed by atoms with Crippen LogP contribution in [0.5, 0.6) is 0 Å². The molecule has 0 saturated carbocycles. The Hall–Kier alpha value is -0.650. The first kappa shape index (κ1) is 14.8. The van der Waals surface area contributed by atoms with Gasteiger partial charge < -0.3 is 9.84 Å². The Labute approximate surface area is 115 Å². The van der Waals surface area contributed by atoms with Crippen LogP contribution in [0.3, 0.4) is 0 Å². The molecule has 2 rings (SSSR count). The summed E-state index contributed by atoms with van der Waals surface area (Å²) in [5.74, 6) is -0.250. The van der Waals surface area contributed by atoms with Gasteiger partial charge in [-0.1, -0.05) is 13.8 Å². The van der Waals surface area contributed by atoms with Crippen LogP contribution in [0.2, 0.25) is 0 Å². The van der Waals surface area contributed by atoms with Crippen LogP contribution < -0.4 is 0 Å². The Morgan fingerprint density at radius 2 is 2.00 bits per heavy atom. The maximum atomic E-state index is 11.4. The van der Waals surface area contributed by atoms with Gasteiger partial charge in [-0.3, -0.25) is 14.6 Å². The Kier molecular flexibility index (Phi) is 5.19. The standard InChI is InChI=1S/C14H26N2O3/c1-11(2)9-13(14(17)18)16-4-3-12(10-16)15-5-7-19-8-6-15/h11-13H,3-10H2,1-2H3,(H,17,18). The SMILES string of the molecule is CC(C)CC(C(=O)O)N1CCC(N2CCOCC2)C1. The lowest BCUT2D eigenvalue weighted by Crippen LogP contribution is -2.47. The molecular weight excluding hydrogens is 244 g/mol. The summed E-state index contributed by atoms with van der Waals surface area (Å²) in [4.78, 5) is 16.0. The maximum Gasteiger partial charge on any atom is 0.320 e. The van der Waals surface area contributed by atoms with Gasteiger partial charge in [0.25, 0.3) is 0 Å². The van der Waals surface area contributed by atoms with Gasteiger partial charge in [-0.05, 0) is 18.8 Å². The summed E-state index contributed by atoms with van der Waals surface area (Å²) < 4.78 is 5.38. The highest BCUT2D eigenvalue weighted by atomic mass is 16.5. The topological polar surface area (TPSA) is 53.0 Å². The molecule has 0 radical (unpaired) electrons. The van der Waals surface area contributed by atoms with E-state index in [-0.39, 0.29) is 6.04 Å². The number of hydrogen-bond donors (Lipinski definition) is 1. The normalized spacial score (nSPS) is 27.8. The zero-order valence-electron chi connectivity index (χ0n) is 12.0. The number of ether oxygens (including phenoxy) is 1. The van der Waals surface area contributed by atoms with Gasteiger partial charge in [-0.2, -0.15) is 0 Å². The highest BCUT2D eigenvalue weighted by Crippen LogP contribution is 2.22. The number of aliphatic carboxylic acids is 1. The second kappa shape index (κ2) is 6.68. The van der Waals surface area contributed by atoms with Crippen LogP contribution in [0, 0.1) is 5.92 Å². The number of carbonyl (C=O) groups is 1. The summed E-state index contributed by atoms with van der Waals surface area (Å²) in [7, 11) is 0. The molecule has 2 heterocycles. The van der Waals surface area contributed by atoms with Gasteiger partial charge in [-0.15, -0.1) is 0 Å². The van der Waals surface area contributed by atoms with Crippen molar-refractivity contribution in [2.75, 3.05) is 39.4 Å². The van der Waals surface area contributed by atoms with E-state index >= 15 is 0 Å². The highest BCUT2D eigenvalue weighted by molar-refractivity contribution is 5.73. The van der Waals surface area contributed by atoms with Crippen molar-refractivity contribution in [3.8, 4) is 0 Å².